The molecule has 1 aromatic heterocycles. The topological polar surface area (TPSA) is 64.6 Å². The Kier molecular flexibility index (Phi) is 5.92. The van der Waals surface area contributed by atoms with Gasteiger partial charge in [0.1, 0.15) is 29.8 Å². The number of carbonyl (C=O) groups is 2. The Hall–Kier alpha value is -2.41. The normalized spacial score (nSPS) is 10.3. The van der Waals surface area contributed by atoms with Crippen LogP contribution in [0.5, 0.6) is 5.75 Å². The second-order valence-corrected chi connectivity index (χ2v) is 6.33. The lowest BCUT2D eigenvalue weighted by atomic mass is 10.1. The van der Waals surface area contributed by atoms with Crippen LogP contribution >= 0.6 is 11.3 Å². The van der Waals surface area contributed by atoms with Crippen LogP contribution in [0.25, 0.3) is 0 Å². The minimum absolute atomic E-state index is 0.0457. The summed E-state index contributed by atoms with van der Waals surface area (Å²) in [5.74, 6) is -0.607. The van der Waals surface area contributed by atoms with Crippen LogP contribution in [0.4, 0.5) is 9.39 Å². The zero-order valence-electron chi connectivity index (χ0n) is 13.6. The van der Waals surface area contributed by atoms with Gasteiger partial charge in [0.2, 0.25) is 5.91 Å². The van der Waals surface area contributed by atoms with Crippen LogP contribution in [0.3, 0.4) is 0 Å². The average Bonchev–Trinajstić information content (AvgIpc) is 2.79. The Balaban J connectivity index is 1.92. The first kappa shape index (κ1) is 17.9. The number of anilines is 1. The molecule has 0 spiro atoms. The second-order valence-electron chi connectivity index (χ2n) is 5.11. The number of hydrogen-bond donors (Lipinski definition) is 1. The minimum Gasteiger partial charge on any atom is -0.490 e. The number of nitrogens with one attached hydrogen (secondary N) is 1. The number of carbonyl (C=O) groups excluding carboxylic acids is 2. The van der Waals surface area contributed by atoms with E-state index in [1.54, 1.807) is 0 Å². The summed E-state index contributed by atoms with van der Waals surface area (Å²) < 4.78 is 23.4. The van der Waals surface area contributed by atoms with E-state index < -0.39 is 5.97 Å². The molecule has 0 aliphatic carbocycles. The van der Waals surface area contributed by atoms with E-state index in [-0.39, 0.29) is 24.9 Å². The summed E-state index contributed by atoms with van der Waals surface area (Å²) in [5.41, 5.74) is 1.16. The summed E-state index contributed by atoms with van der Waals surface area (Å²) in [5, 5.41) is 3.14. The predicted octanol–water partition coefficient (Wildman–Crippen LogP) is 3.70. The zero-order valence-corrected chi connectivity index (χ0v) is 14.5. The van der Waals surface area contributed by atoms with Crippen molar-refractivity contribution >= 4 is 28.2 Å². The van der Waals surface area contributed by atoms with Crippen molar-refractivity contribution < 1.29 is 23.5 Å². The number of rotatable bonds is 6. The van der Waals surface area contributed by atoms with Gasteiger partial charge in [0, 0.05) is 11.8 Å². The molecule has 7 heteroatoms. The van der Waals surface area contributed by atoms with Crippen molar-refractivity contribution in [2.75, 3.05) is 18.5 Å². The lowest BCUT2D eigenvalue weighted by molar-refractivity contribution is -0.114. The van der Waals surface area contributed by atoms with Crippen molar-refractivity contribution in [3.63, 3.8) is 0 Å². The highest BCUT2D eigenvalue weighted by atomic mass is 32.1. The van der Waals surface area contributed by atoms with Gasteiger partial charge in [0.05, 0.1) is 5.56 Å². The summed E-state index contributed by atoms with van der Waals surface area (Å²) in [6, 6.07) is 5.58. The maximum Gasteiger partial charge on any atom is 0.341 e. The van der Waals surface area contributed by atoms with Crippen LogP contribution in [0, 0.1) is 19.7 Å². The number of amides is 1. The molecule has 1 heterocycles. The molecule has 24 heavy (non-hydrogen) atoms. The van der Waals surface area contributed by atoms with E-state index in [9.17, 15) is 14.0 Å². The molecule has 0 aliphatic heterocycles. The van der Waals surface area contributed by atoms with Gasteiger partial charge < -0.3 is 14.8 Å². The van der Waals surface area contributed by atoms with E-state index in [0.29, 0.717) is 16.3 Å². The minimum atomic E-state index is -0.511. The fourth-order valence-corrected chi connectivity index (χ4v) is 3.11. The monoisotopic (exact) mass is 351 g/mol. The predicted molar refractivity (Wildman–Crippen MR) is 90.3 cm³/mol. The van der Waals surface area contributed by atoms with Gasteiger partial charge in [-0.1, -0.05) is 0 Å². The van der Waals surface area contributed by atoms with E-state index in [0.717, 1.165) is 10.4 Å². The zero-order chi connectivity index (χ0) is 17.7. The van der Waals surface area contributed by atoms with Crippen molar-refractivity contribution in [3.05, 3.63) is 46.1 Å². The van der Waals surface area contributed by atoms with Crippen LogP contribution in [0.15, 0.2) is 24.3 Å². The molecule has 0 fully saturated rings. The highest BCUT2D eigenvalue weighted by molar-refractivity contribution is 7.16. The lowest BCUT2D eigenvalue weighted by Gasteiger charge is -2.09. The summed E-state index contributed by atoms with van der Waals surface area (Å²) in [7, 11) is 0. The maximum atomic E-state index is 12.8. The van der Waals surface area contributed by atoms with Gasteiger partial charge in [-0.15, -0.1) is 11.3 Å². The number of esters is 1. The molecule has 5 nitrogen and oxygen atoms in total. The van der Waals surface area contributed by atoms with E-state index >= 15 is 0 Å². The molecule has 0 radical (unpaired) electrons. The molecular weight excluding hydrogens is 333 g/mol. The van der Waals surface area contributed by atoms with E-state index in [1.165, 1.54) is 42.5 Å². The SMILES string of the molecule is CC(=O)Nc1sc(C)c(C)c1C(=O)OCCOc1ccc(F)cc1. The first-order chi connectivity index (χ1) is 11.4. The Morgan fingerprint density at radius 1 is 1.17 bits per heavy atom. The molecule has 2 rings (SSSR count). The highest BCUT2D eigenvalue weighted by Crippen LogP contribution is 2.32. The molecule has 0 saturated heterocycles. The molecule has 0 aliphatic rings. The van der Waals surface area contributed by atoms with Crippen molar-refractivity contribution in [1.29, 1.82) is 0 Å². The van der Waals surface area contributed by atoms with Crippen LogP contribution in [0.1, 0.15) is 27.7 Å². The van der Waals surface area contributed by atoms with Crippen LogP contribution in [0.2, 0.25) is 0 Å². The van der Waals surface area contributed by atoms with E-state index in [1.807, 2.05) is 13.8 Å². The van der Waals surface area contributed by atoms with Gasteiger partial charge in [-0.05, 0) is 43.7 Å². The van der Waals surface area contributed by atoms with Gasteiger partial charge in [-0.3, -0.25) is 4.79 Å². The summed E-state index contributed by atoms with van der Waals surface area (Å²) >= 11 is 1.34. The first-order valence-electron chi connectivity index (χ1n) is 7.31. The average molecular weight is 351 g/mol. The van der Waals surface area contributed by atoms with Crippen molar-refractivity contribution in [2.24, 2.45) is 0 Å². The molecule has 0 bridgehead atoms. The van der Waals surface area contributed by atoms with Crippen LogP contribution < -0.4 is 10.1 Å². The molecule has 2 aromatic rings. The van der Waals surface area contributed by atoms with Gasteiger partial charge >= 0.3 is 5.97 Å². The van der Waals surface area contributed by atoms with Crippen LogP contribution in [-0.2, 0) is 9.53 Å². The molecule has 1 aromatic carbocycles. The third-order valence-electron chi connectivity index (χ3n) is 3.28. The second kappa shape index (κ2) is 7.92. The fraction of sp³-hybridized carbons (Fsp3) is 0.294. The van der Waals surface area contributed by atoms with Gasteiger partial charge in [0.15, 0.2) is 0 Å². The van der Waals surface area contributed by atoms with Crippen molar-refractivity contribution in [2.45, 2.75) is 20.8 Å². The third kappa shape index (κ3) is 4.55. The Morgan fingerprint density at radius 2 is 1.83 bits per heavy atom. The van der Waals surface area contributed by atoms with Crippen LogP contribution in [-0.4, -0.2) is 25.1 Å². The van der Waals surface area contributed by atoms with E-state index in [4.69, 9.17) is 9.47 Å². The third-order valence-corrected chi connectivity index (χ3v) is 4.40. The van der Waals surface area contributed by atoms with Gasteiger partial charge in [0.25, 0.3) is 0 Å². The molecule has 0 atom stereocenters. The van der Waals surface area contributed by atoms with E-state index in [2.05, 4.69) is 5.32 Å². The Labute approximate surface area is 143 Å². The Morgan fingerprint density at radius 3 is 2.46 bits per heavy atom. The molecule has 1 amide bonds. The number of thiophene rings is 1. The summed E-state index contributed by atoms with van der Waals surface area (Å²) in [6.45, 7) is 5.26. The fourth-order valence-electron chi connectivity index (χ4n) is 2.02. The molecule has 1 N–H and O–H groups in total. The molecule has 128 valence electrons. The number of halogens is 1. The highest BCUT2D eigenvalue weighted by Gasteiger charge is 2.21. The smallest absolute Gasteiger partial charge is 0.341 e. The molecule has 0 unspecified atom stereocenters. The van der Waals surface area contributed by atoms with Crippen molar-refractivity contribution in [3.8, 4) is 5.75 Å². The first-order valence-corrected chi connectivity index (χ1v) is 8.13. The standard InChI is InChI=1S/C17H18FNO4S/c1-10-11(2)24-16(19-12(3)20)15(10)17(21)23-9-8-22-14-6-4-13(18)5-7-14/h4-7H,8-9H2,1-3H3,(H,19,20). The summed E-state index contributed by atoms with van der Waals surface area (Å²) in [6.07, 6.45) is 0. The molecule has 0 saturated carbocycles. The maximum absolute atomic E-state index is 12.8. The number of aryl methyl sites for hydroxylation is 1. The van der Waals surface area contributed by atoms with Gasteiger partial charge in [-0.25, -0.2) is 9.18 Å². The molecular formula is C17H18FNO4S. The van der Waals surface area contributed by atoms with Gasteiger partial charge in [-0.2, -0.15) is 0 Å². The van der Waals surface area contributed by atoms with Crippen molar-refractivity contribution in [1.82, 2.24) is 0 Å². The summed E-state index contributed by atoms with van der Waals surface area (Å²) in [4.78, 5) is 24.4. The largest absolute Gasteiger partial charge is 0.490 e. The number of benzene rings is 1. The Bertz CT molecular complexity index is 740. The lowest BCUT2D eigenvalue weighted by Crippen LogP contribution is -2.15. The quantitative estimate of drug-likeness (QED) is 0.637. The number of hydrogen-bond acceptors (Lipinski definition) is 5. The number of ether oxygens (including phenoxy) is 2.